The van der Waals surface area contributed by atoms with Crippen molar-refractivity contribution in [1.82, 2.24) is 0 Å². The van der Waals surface area contributed by atoms with Gasteiger partial charge in [0.1, 0.15) is 0 Å². The minimum atomic E-state index is -0.904. The van der Waals surface area contributed by atoms with Crippen LogP contribution >= 0.6 is 0 Å². The molecule has 3 rings (SSSR count). The summed E-state index contributed by atoms with van der Waals surface area (Å²) in [5, 5.41) is 0. The number of rotatable bonds is 6. The zero-order chi connectivity index (χ0) is 19.2. The topological polar surface area (TPSA) is 18.5 Å². The fraction of sp³-hybridized carbons (Fsp3) is 0.652. The second kappa shape index (κ2) is 9.68. The lowest BCUT2D eigenvalue weighted by Gasteiger charge is -2.37. The normalized spacial score (nSPS) is 29.2. The first kappa shape index (κ1) is 20.3. The van der Waals surface area contributed by atoms with Gasteiger partial charge in [-0.2, -0.15) is 4.39 Å². The predicted octanol–water partition coefficient (Wildman–Crippen LogP) is 6.60. The molecule has 1 unspecified atom stereocenters. The van der Waals surface area contributed by atoms with Gasteiger partial charge in [0.2, 0.25) is 5.82 Å². The first-order valence-electron chi connectivity index (χ1n) is 10.5. The summed E-state index contributed by atoms with van der Waals surface area (Å²) in [4.78, 5) is 0. The Kier molecular flexibility index (Phi) is 7.28. The minimum absolute atomic E-state index is 0.0266. The maximum atomic E-state index is 14.4. The van der Waals surface area contributed by atoms with E-state index in [2.05, 4.69) is 19.1 Å². The molecule has 0 spiro atoms. The zero-order valence-electron chi connectivity index (χ0n) is 16.6. The van der Waals surface area contributed by atoms with Crippen LogP contribution in [0.5, 0.6) is 5.75 Å². The Hall–Kier alpha value is -1.42. The Morgan fingerprint density at radius 1 is 1.00 bits per heavy atom. The van der Waals surface area contributed by atoms with Gasteiger partial charge in [-0.25, -0.2) is 4.39 Å². The lowest BCUT2D eigenvalue weighted by atomic mass is 9.73. The van der Waals surface area contributed by atoms with Gasteiger partial charge in [0, 0.05) is 5.56 Å². The predicted molar refractivity (Wildman–Crippen MR) is 104 cm³/mol. The van der Waals surface area contributed by atoms with Crippen LogP contribution in [0.2, 0.25) is 0 Å². The van der Waals surface area contributed by atoms with E-state index >= 15 is 0 Å². The Balaban J connectivity index is 1.54. The number of hydrogen-bond acceptors (Lipinski definition) is 2. The number of ether oxygens (including phenoxy) is 2. The minimum Gasteiger partial charge on any atom is -0.491 e. The lowest BCUT2D eigenvalue weighted by Crippen LogP contribution is -2.29. The monoisotopic (exact) mass is 378 g/mol. The van der Waals surface area contributed by atoms with Gasteiger partial charge in [0.05, 0.1) is 19.3 Å². The molecule has 1 saturated carbocycles. The van der Waals surface area contributed by atoms with Crippen molar-refractivity contribution >= 4 is 0 Å². The molecule has 2 fully saturated rings. The van der Waals surface area contributed by atoms with Gasteiger partial charge in [-0.1, -0.05) is 19.1 Å². The number of hydrogen-bond donors (Lipinski definition) is 0. The summed E-state index contributed by atoms with van der Waals surface area (Å²) in [7, 11) is 0. The molecule has 1 aromatic rings. The third-order valence-corrected chi connectivity index (χ3v) is 6.16. The molecule has 0 N–H and O–H groups in total. The van der Waals surface area contributed by atoms with Crippen molar-refractivity contribution in [1.29, 1.82) is 0 Å². The van der Waals surface area contributed by atoms with E-state index in [0.717, 1.165) is 25.2 Å². The largest absolute Gasteiger partial charge is 0.491 e. The van der Waals surface area contributed by atoms with Gasteiger partial charge in [0.25, 0.3) is 0 Å². The molecule has 2 aliphatic rings. The Morgan fingerprint density at radius 3 is 2.37 bits per heavy atom. The molecule has 0 radical (unpaired) electrons. The molecule has 1 heterocycles. The number of allylic oxidation sites excluding steroid dienone is 2. The average molecular weight is 379 g/mol. The highest BCUT2D eigenvalue weighted by Gasteiger charge is 2.32. The Labute approximate surface area is 161 Å². The quantitative estimate of drug-likeness (QED) is 0.519. The highest BCUT2D eigenvalue weighted by molar-refractivity contribution is 5.32. The van der Waals surface area contributed by atoms with Crippen molar-refractivity contribution in [2.45, 2.75) is 64.9 Å². The molecule has 27 heavy (non-hydrogen) atoms. The van der Waals surface area contributed by atoms with Gasteiger partial charge >= 0.3 is 0 Å². The van der Waals surface area contributed by atoms with Crippen LogP contribution in [0.15, 0.2) is 24.3 Å². The fourth-order valence-corrected chi connectivity index (χ4v) is 4.59. The molecule has 2 atom stereocenters. The molecule has 0 bridgehead atoms. The summed E-state index contributed by atoms with van der Waals surface area (Å²) in [6, 6.07) is 3.12. The van der Waals surface area contributed by atoms with Gasteiger partial charge in [-0.3, -0.25) is 0 Å². The number of halogens is 2. The summed E-state index contributed by atoms with van der Waals surface area (Å²) in [5.74, 6) is 0.235. The van der Waals surface area contributed by atoms with Crippen molar-refractivity contribution in [3.8, 4) is 5.75 Å². The summed E-state index contributed by atoms with van der Waals surface area (Å²) < 4.78 is 39.7. The molecule has 150 valence electrons. The van der Waals surface area contributed by atoms with E-state index in [9.17, 15) is 8.78 Å². The summed E-state index contributed by atoms with van der Waals surface area (Å²) >= 11 is 0. The number of benzene rings is 1. The first-order chi connectivity index (χ1) is 13.1. The van der Waals surface area contributed by atoms with Crippen LogP contribution in [-0.2, 0) is 4.74 Å². The van der Waals surface area contributed by atoms with Crippen LogP contribution in [0.4, 0.5) is 8.78 Å². The van der Waals surface area contributed by atoms with Gasteiger partial charge in [-0.05, 0) is 81.8 Å². The lowest BCUT2D eigenvalue weighted by molar-refractivity contribution is -0.0412. The van der Waals surface area contributed by atoms with Crippen LogP contribution in [0.3, 0.4) is 0 Å². The maximum absolute atomic E-state index is 14.4. The van der Waals surface area contributed by atoms with Gasteiger partial charge < -0.3 is 9.47 Å². The summed E-state index contributed by atoms with van der Waals surface area (Å²) in [6.07, 6.45) is 12.2. The second-order valence-corrected chi connectivity index (χ2v) is 7.88. The van der Waals surface area contributed by atoms with E-state index in [1.165, 1.54) is 31.7 Å². The Bertz CT molecular complexity index is 628. The zero-order valence-corrected chi connectivity index (χ0v) is 16.6. The molecule has 1 aromatic carbocycles. The summed E-state index contributed by atoms with van der Waals surface area (Å²) in [5.41, 5.74) is 0.322. The molecule has 1 aliphatic heterocycles. The molecule has 0 aromatic heterocycles. The molecular formula is C23H32F2O2. The third-order valence-electron chi connectivity index (χ3n) is 6.16. The second-order valence-electron chi connectivity index (χ2n) is 7.88. The standard InChI is InChI=1S/C23H32F2O2/c1-3-5-6-16-7-9-17(10-8-16)18-11-13-20(27-15-18)19-12-14-21(26-4-2)23(25)22(19)24/h5-6,12,14,16-18,20H,3-4,7-11,13,15H2,1-2H3/t16?,17?,18?,20-/m0/s1. The van der Waals surface area contributed by atoms with E-state index in [-0.39, 0.29) is 11.9 Å². The average Bonchev–Trinajstić information content (AvgIpc) is 2.71. The molecule has 1 aliphatic carbocycles. The van der Waals surface area contributed by atoms with Crippen LogP contribution in [0, 0.1) is 29.4 Å². The van der Waals surface area contributed by atoms with Gasteiger partial charge in [-0.15, -0.1) is 0 Å². The van der Waals surface area contributed by atoms with Crippen molar-refractivity contribution < 1.29 is 18.3 Å². The maximum Gasteiger partial charge on any atom is 0.200 e. The van der Waals surface area contributed by atoms with Crippen molar-refractivity contribution in [2.24, 2.45) is 17.8 Å². The van der Waals surface area contributed by atoms with Crippen LogP contribution < -0.4 is 4.74 Å². The molecule has 4 heteroatoms. The van der Waals surface area contributed by atoms with Crippen LogP contribution in [-0.4, -0.2) is 13.2 Å². The molecular weight excluding hydrogens is 346 g/mol. The van der Waals surface area contributed by atoms with E-state index in [1.54, 1.807) is 13.0 Å². The van der Waals surface area contributed by atoms with Gasteiger partial charge in [0.15, 0.2) is 11.6 Å². The SMILES string of the molecule is CCC=CC1CCC(C2CC[C@@H](c3ccc(OCC)c(F)c3F)OC2)CC1. The molecule has 1 saturated heterocycles. The van der Waals surface area contributed by atoms with E-state index in [1.807, 2.05) is 0 Å². The van der Waals surface area contributed by atoms with E-state index in [0.29, 0.717) is 30.6 Å². The molecule has 0 amide bonds. The highest BCUT2D eigenvalue weighted by atomic mass is 19.2. The van der Waals surface area contributed by atoms with Crippen LogP contribution in [0.1, 0.15) is 70.5 Å². The van der Waals surface area contributed by atoms with E-state index in [4.69, 9.17) is 9.47 Å². The summed E-state index contributed by atoms with van der Waals surface area (Å²) in [6.45, 7) is 4.90. The van der Waals surface area contributed by atoms with Crippen molar-refractivity contribution in [2.75, 3.05) is 13.2 Å². The molecule has 2 nitrogen and oxygen atoms in total. The Morgan fingerprint density at radius 2 is 1.74 bits per heavy atom. The fourth-order valence-electron chi connectivity index (χ4n) is 4.59. The first-order valence-corrected chi connectivity index (χ1v) is 10.5. The third kappa shape index (κ3) is 4.90. The highest BCUT2D eigenvalue weighted by Crippen LogP contribution is 2.41. The smallest absolute Gasteiger partial charge is 0.200 e. The van der Waals surface area contributed by atoms with Crippen LogP contribution in [0.25, 0.3) is 0 Å². The van der Waals surface area contributed by atoms with E-state index < -0.39 is 11.6 Å². The van der Waals surface area contributed by atoms with Crippen molar-refractivity contribution in [3.05, 3.63) is 41.5 Å². The van der Waals surface area contributed by atoms with Crippen molar-refractivity contribution in [3.63, 3.8) is 0 Å².